The van der Waals surface area contributed by atoms with Crippen molar-refractivity contribution >= 4 is 35.1 Å². The van der Waals surface area contributed by atoms with Gasteiger partial charge in [-0.1, -0.05) is 11.6 Å². The Bertz CT molecular complexity index is 1570. The van der Waals surface area contributed by atoms with Crippen LogP contribution in [0.15, 0.2) is 6.07 Å². The molecule has 2 aromatic rings. The van der Waals surface area contributed by atoms with Crippen LogP contribution in [0.25, 0.3) is 0 Å². The lowest BCUT2D eigenvalue weighted by molar-refractivity contribution is -0.0989. The number of aliphatic hydroxyl groups is 2. The Kier molecular flexibility index (Phi) is 3.88. The molecule has 1 fully saturated rings. The van der Waals surface area contributed by atoms with Gasteiger partial charge in [-0.3, -0.25) is 9.59 Å². The lowest BCUT2D eigenvalue weighted by atomic mass is 9.48. The first-order valence-electron chi connectivity index (χ1n) is 11.6. The summed E-state index contributed by atoms with van der Waals surface area (Å²) in [5.74, 6) is -6.02. The van der Waals surface area contributed by atoms with Crippen LogP contribution in [0, 0.1) is 19.8 Å². The molecule has 0 aromatic heterocycles. The summed E-state index contributed by atoms with van der Waals surface area (Å²) in [4.78, 5) is 53.6. The summed E-state index contributed by atoms with van der Waals surface area (Å²) in [5.41, 5.74) is -6.53. The Hall–Kier alpha value is -3.47. The van der Waals surface area contributed by atoms with Crippen LogP contribution in [0.2, 0.25) is 5.02 Å². The average Bonchev–Trinajstić information content (AvgIpc) is 2.93. The van der Waals surface area contributed by atoms with Crippen molar-refractivity contribution in [3.05, 3.63) is 55.6 Å². The number of cyclic esters (lactones) is 2. The van der Waals surface area contributed by atoms with Gasteiger partial charge in [0.05, 0.1) is 33.5 Å². The molecule has 7 rings (SSSR count). The van der Waals surface area contributed by atoms with E-state index in [0.29, 0.717) is 5.56 Å². The largest absolute Gasteiger partial charge is 0.507 e. The van der Waals surface area contributed by atoms with E-state index in [0.717, 1.165) is 0 Å². The number of Topliss-reactive ketones (excluding diaryl/α,β-unsaturated/α-hetero) is 2. The van der Waals surface area contributed by atoms with Gasteiger partial charge in [0.1, 0.15) is 35.8 Å². The summed E-state index contributed by atoms with van der Waals surface area (Å²) in [6, 6.07) is 1.24. The van der Waals surface area contributed by atoms with Gasteiger partial charge in [0.15, 0.2) is 11.6 Å². The van der Waals surface area contributed by atoms with Gasteiger partial charge in [-0.15, -0.1) is 0 Å². The SMILES string of the molecule is Cc1cc(O)c2c3c1C(=O)CC1(O)C4C(=O)c5c(C)c(Cl)c(O)c6c5C(COC6=O)(C4O)C31COC2=O. The molecule has 0 saturated heterocycles. The number of ketones is 2. The number of carbonyl (C=O) groups excluding carboxylic acids is 4. The Morgan fingerprint density at radius 1 is 0.946 bits per heavy atom. The van der Waals surface area contributed by atoms with Crippen LogP contribution in [-0.4, -0.2) is 68.8 Å². The van der Waals surface area contributed by atoms with E-state index in [4.69, 9.17) is 21.1 Å². The van der Waals surface area contributed by atoms with E-state index >= 15 is 0 Å². The van der Waals surface area contributed by atoms with E-state index in [9.17, 15) is 39.6 Å². The molecule has 2 heterocycles. The van der Waals surface area contributed by atoms with Crippen molar-refractivity contribution in [3.63, 3.8) is 0 Å². The molecule has 0 amide bonds. The molecule has 5 unspecified atom stereocenters. The van der Waals surface area contributed by atoms with Gasteiger partial charge in [-0.2, -0.15) is 0 Å². The van der Waals surface area contributed by atoms with E-state index in [-0.39, 0.29) is 38.4 Å². The molecule has 2 bridgehead atoms. The molecule has 2 aromatic carbocycles. The Morgan fingerprint density at radius 3 is 2.30 bits per heavy atom. The number of esters is 2. The van der Waals surface area contributed by atoms with Gasteiger partial charge >= 0.3 is 11.9 Å². The lowest BCUT2D eigenvalue weighted by Gasteiger charge is -2.57. The molecule has 1 saturated carbocycles. The molecule has 2 spiro atoms. The summed E-state index contributed by atoms with van der Waals surface area (Å²) >= 11 is 6.32. The number of halogens is 1. The number of aryl methyl sites for hydroxylation is 1. The van der Waals surface area contributed by atoms with Crippen molar-refractivity contribution in [2.24, 2.45) is 5.92 Å². The van der Waals surface area contributed by atoms with Gasteiger partial charge in [0.2, 0.25) is 0 Å². The van der Waals surface area contributed by atoms with Crippen LogP contribution in [0.4, 0.5) is 0 Å². The van der Waals surface area contributed by atoms with Crippen LogP contribution >= 0.6 is 11.6 Å². The summed E-state index contributed by atoms with van der Waals surface area (Å²) in [6.45, 7) is 1.88. The monoisotopic (exact) mass is 526 g/mol. The van der Waals surface area contributed by atoms with Crippen molar-refractivity contribution < 1.29 is 49.1 Å². The van der Waals surface area contributed by atoms with Crippen LogP contribution in [0.5, 0.6) is 11.5 Å². The number of hydrogen-bond donors (Lipinski definition) is 4. The first-order chi connectivity index (χ1) is 17.4. The number of rotatable bonds is 0. The van der Waals surface area contributed by atoms with E-state index in [1.165, 1.54) is 13.0 Å². The molecule has 0 radical (unpaired) electrons. The van der Waals surface area contributed by atoms with Gasteiger partial charge in [0.25, 0.3) is 0 Å². The number of fused-ring (bicyclic) bond motifs is 2. The highest BCUT2D eigenvalue weighted by Crippen LogP contribution is 2.72. The smallest absolute Gasteiger partial charge is 0.342 e. The standard InChI is InChI=1S/C26H19ClO10/c1-7-3-9(28)13-16-11(7)10(29)4-26(35)17-19(30)12-8(2)18(27)20(31)14-15(12)24(21(17)32,5-36-23(14)34)25(16,26)6-37-22(13)33/h3,17,21,28,31-32,35H,4-6H2,1-2H3. The molecule has 2 aliphatic heterocycles. The third-order valence-electron chi connectivity index (χ3n) is 9.36. The maximum Gasteiger partial charge on any atom is 0.342 e. The quantitative estimate of drug-likeness (QED) is 0.368. The lowest BCUT2D eigenvalue weighted by Crippen LogP contribution is -2.69. The number of ether oxygens (including phenoxy) is 2. The average molecular weight is 527 g/mol. The number of phenols is 2. The number of phenolic OH excluding ortho intramolecular Hbond substituents is 2. The first kappa shape index (κ1) is 22.7. The fourth-order valence-corrected chi connectivity index (χ4v) is 8.23. The first-order valence-corrected chi connectivity index (χ1v) is 12.0. The van der Waals surface area contributed by atoms with Gasteiger partial charge in [-0.25, -0.2) is 9.59 Å². The zero-order valence-corrected chi connectivity index (χ0v) is 20.2. The number of aliphatic hydroxyl groups excluding tert-OH is 1. The Balaban J connectivity index is 1.76. The fourth-order valence-electron chi connectivity index (χ4n) is 8.04. The second kappa shape index (κ2) is 6.32. The van der Waals surface area contributed by atoms with E-state index < -0.39 is 88.7 Å². The van der Waals surface area contributed by atoms with Gasteiger partial charge in [0, 0.05) is 17.5 Å². The number of hydrogen-bond acceptors (Lipinski definition) is 10. The number of carbonyl (C=O) groups is 4. The summed E-state index contributed by atoms with van der Waals surface area (Å²) in [6.07, 6.45) is -2.32. The Labute approximate surface area is 213 Å². The van der Waals surface area contributed by atoms with Crippen molar-refractivity contribution in [1.29, 1.82) is 0 Å². The molecule has 5 atom stereocenters. The van der Waals surface area contributed by atoms with Crippen molar-refractivity contribution in [1.82, 2.24) is 0 Å². The topological polar surface area (TPSA) is 168 Å². The minimum absolute atomic E-state index is 0.0572. The highest BCUT2D eigenvalue weighted by atomic mass is 35.5. The zero-order valence-electron chi connectivity index (χ0n) is 19.5. The van der Waals surface area contributed by atoms with Crippen molar-refractivity contribution in [2.45, 2.75) is 42.8 Å². The minimum Gasteiger partial charge on any atom is -0.507 e. The summed E-state index contributed by atoms with van der Waals surface area (Å²) in [7, 11) is 0. The third kappa shape index (κ3) is 1.99. The van der Waals surface area contributed by atoms with E-state index in [1.54, 1.807) is 6.92 Å². The number of aromatic hydroxyl groups is 2. The minimum atomic E-state index is -2.31. The van der Waals surface area contributed by atoms with E-state index in [1.807, 2.05) is 0 Å². The molecule has 11 heteroatoms. The normalized spacial score (nSPS) is 34.4. The van der Waals surface area contributed by atoms with Gasteiger partial charge < -0.3 is 29.9 Å². The third-order valence-corrected chi connectivity index (χ3v) is 9.82. The molecular formula is C26H19ClO10. The molecule has 37 heavy (non-hydrogen) atoms. The highest BCUT2D eigenvalue weighted by molar-refractivity contribution is 6.34. The predicted molar refractivity (Wildman–Crippen MR) is 122 cm³/mol. The Morgan fingerprint density at radius 2 is 1.59 bits per heavy atom. The van der Waals surface area contributed by atoms with Crippen LogP contribution in [0.3, 0.4) is 0 Å². The maximum atomic E-state index is 14.1. The van der Waals surface area contributed by atoms with Crippen molar-refractivity contribution in [3.8, 4) is 11.5 Å². The number of benzene rings is 2. The second-order valence-electron chi connectivity index (χ2n) is 10.6. The summed E-state index contributed by atoms with van der Waals surface area (Å²) < 4.78 is 11.0. The molecular weight excluding hydrogens is 508 g/mol. The predicted octanol–water partition coefficient (Wildman–Crippen LogP) is 1.39. The molecule has 5 aliphatic rings. The molecule has 4 N–H and O–H groups in total. The second-order valence-corrected chi connectivity index (χ2v) is 11.0. The van der Waals surface area contributed by atoms with Crippen LogP contribution in [0.1, 0.15) is 70.1 Å². The zero-order chi connectivity index (χ0) is 26.6. The van der Waals surface area contributed by atoms with Crippen LogP contribution < -0.4 is 0 Å². The highest BCUT2D eigenvalue weighted by Gasteiger charge is 2.85. The van der Waals surface area contributed by atoms with Gasteiger partial charge in [-0.05, 0) is 42.2 Å². The van der Waals surface area contributed by atoms with Crippen LogP contribution in [-0.2, 0) is 20.3 Å². The van der Waals surface area contributed by atoms with Crippen molar-refractivity contribution in [2.75, 3.05) is 13.2 Å². The van der Waals surface area contributed by atoms with E-state index in [2.05, 4.69) is 0 Å². The molecule has 3 aliphatic carbocycles. The fraction of sp³-hybridized carbons (Fsp3) is 0.385. The molecule has 190 valence electrons. The maximum absolute atomic E-state index is 14.1. The molecule has 10 nitrogen and oxygen atoms in total. The summed E-state index contributed by atoms with van der Waals surface area (Å²) in [5, 5.41) is 45.9.